The predicted molar refractivity (Wildman–Crippen MR) is 53.7 cm³/mol. The third-order valence-corrected chi connectivity index (χ3v) is 2.67. The second-order valence-corrected chi connectivity index (χ2v) is 5.02. The van der Waals surface area contributed by atoms with Gasteiger partial charge in [0.15, 0.2) is 0 Å². The van der Waals surface area contributed by atoms with Crippen LogP contribution in [-0.2, 0) is 0 Å². The first-order chi connectivity index (χ1) is 7.04. The molecule has 0 aromatic heterocycles. The van der Waals surface area contributed by atoms with Gasteiger partial charge in [-0.1, -0.05) is 13.0 Å². The van der Waals surface area contributed by atoms with Gasteiger partial charge in [0, 0.05) is 23.1 Å². The second kappa shape index (κ2) is 5.42. The van der Waals surface area contributed by atoms with Crippen LogP contribution in [0.2, 0.25) is 6.04 Å². The van der Waals surface area contributed by atoms with Crippen LogP contribution >= 0.6 is 0 Å². The van der Waals surface area contributed by atoms with E-state index >= 15 is 0 Å². The zero-order valence-electron chi connectivity index (χ0n) is 9.30. The summed E-state index contributed by atoms with van der Waals surface area (Å²) in [5, 5.41) is 0. The summed E-state index contributed by atoms with van der Waals surface area (Å²) in [7, 11) is 0.481. The first kappa shape index (κ1) is 15.8. The maximum Gasteiger partial charge on any atom is 0.259 e. The maximum atomic E-state index is 13.0. The van der Waals surface area contributed by atoms with Crippen molar-refractivity contribution < 1.29 is 26.3 Å². The van der Waals surface area contributed by atoms with Crippen molar-refractivity contribution >= 4 is 10.2 Å². The van der Waals surface area contributed by atoms with Crippen molar-refractivity contribution in [3.05, 3.63) is 0 Å². The topological polar surface area (TPSA) is 0 Å². The Morgan fingerprint density at radius 2 is 1.25 bits per heavy atom. The summed E-state index contributed by atoms with van der Waals surface area (Å²) < 4.78 is 77.1. The molecule has 0 aromatic carbocycles. The fraction of sp³-hybridized carbons (Fsp3) is 1.00. The van der Waals surface area contributed by atoms with Gasteiger partial charge in [0.05, 0.1) is 12.8 Å². The average molecular weight is 266 g/mol. The lowest BCUT2D eigenvalue weighted by Crippen LogP contribution is -2.34. The molecule has 0 nitrogen and oxygen atoms in total. The molecular formula is C9H16F6Si. The van der Waals surface area contributed by atoms with Gasteiger partial charge in [0.25, 0.3) is 17.8 Å². The highest BCUT2D eigenvalue weighted by Crippen LogP contribution is 2.40. The van der Waals surface area contributed by atoms with Crippen molar-refractivity contribution in [2.45, 2.75) is 56.4 Å². The minimum absolute atomic E-state index is 0.174. The zero-order chi connectivity index (χ0) is 13.0. The first-order valence-electron chi connectivity index (χ1n) is 5.17. The Bertz CT molecular complexity index is 216. The molecule has 0 spiro atoms. The van der Waals surface area contributed by atoms with Crippen molar-refractivity contribution in [3.8, 4) is 0 Å². The van der Waals surface area contributed by atoms with Crippen LogP contribution in [-0.4, -0.2) is 28.0 Å². The lowest BCUT2D eigenvalue weighted by atomic mass is 10.0. The number of rotatable bonds is 7. The normalized spacial score (nSPS) is 14.4. The Kier molecular flexibility index (Phi) is 5.35. The Balaban J connectivity index is 4.45. The molecule has 0 aliphatic carbocycles. The van der Waals surface area contributed by atoms with Crippen LogP contribution in [0.3, 0.4) is 0 Å². The van der Waals surface area contributed by atoms with Gasteiger partial charge in [-0.05, 0) is 0 Å². The van der Waals surface area contributed by atoms with Crippen molar-refractivity contribution in [2.24, 2.45) is 0 Å². The smallest absolute Gasteiger partial charge is 0.207 e. The van der Waals surface area contributed by atoms with Crippen molar-refractivity contribution in [3.63, 3.8) is 0 Å². The quantitative estimate of drug-likeness (QED) is 0.490. The summed E-state index contributed by atoms with van der Waals surface area (Å²) in [5.74, 6) is -11.1. The molecule has 0 aromatic rings. The highest BCUT2D eigenvalue weighted by molar-refractivity contribution is 6.08. The third-order valence-electron chi connectivity index (χ3n) is 2.17. The van der Waals surface area contributed by atoms with E-state index in [2.05, 4.69) is 0 Å². The summed E-state index contributed by atoms with van der Waals surface area (Å²) in [5.41, 5.74) is 0. The molecule has 0 aliphatic heterocycles. The SMILES string of the molecule is CCC(F)(F)CC(F)(F)CC(F)(F)CC[SiH3]. The molecule has 0 N–H and O–H groups in total. The maximum absolute atomic E-state index is 13.0. The standard InChI is InChI=1S/C9H16F6Si/c1-2-7(10,11)5-9(14,15)6-8(12,13)3-4-16/h2-6H2,1,16H3. The van der Waals surface area contributed by atoms with Crippen LogP contribution in [0.15, 0.2) is 0 Å². The van der Waals surface area contributed by atoms with Crippen molar-refractivity contribution in [1.29, 1.82) is 0 Å². The molecule has 0 unspecified atom stereocenters. The third kappa shape index (κ3) is 6.39. The number of hydrogen-bond donors (Lipinski definition) is 0. The molecule has 0 amide bonds. The molecule has 0 radical (unpaired) electrons. The summed E-state index contributed by atoms with van der Waals surface area (Å²) in [6, 6.07) is 0.174. The lowest BCUT2D eigenvalue weighted by molar-refractivity contribution is -0.157. The van der Waals surface area contributed by atoms with Crippen molar-refractivity contribution in [1.82, 2.24) is 0 Å². The Morgan fingerprint density at radius 3 is 1.62 bits per heavy atom. The minimum atomic E-state index is -4.01. The summed E-state index contributed by atoms with van der Waals surface area (Å²) in [4.78, 5) is 0. The second-order valence-electron chi connectivity index (χ2n) is 4.02. The van der Waals surface area contributed by atoms with E-state index < -0.39 is 43.5 Å². The van der Waals surface area contributed by atoms with Gasteiger partial charge in [0.2, 0.25) is 0 Å². The molecule has 0 atom stereocenters. The van der Waals surface area contributed by atoms with Gasteiger partial charge < -0.3 is 0 Å². The number of halogens is 6. The monoisotopic (exact) mass is 266 g/mol. The van der Waals surface area contributed by atoms with E-state index in [1.807, 2.05) is 0 Å². The molecule has 7 heteroatoms. The van der Waals surface area contributed by atoms with Crippen LogP contribution in [0.4, 0.5) is 26.3 Å². The van der Waals surface area contributed by atoms with Crippen LogP contribution in [0.25, 0.3) is 0 Å². The van der Waals surface area contributed by atoms with Crippen LogP contribution in [0.5, 0.6) is 0 Å². The first-order valence-corrected chi connectivity index (χ1v) is 6.58. The molecule has 0 aliphatic rings. The van der Waals surface area contributed by atoms with Crippen LogP contribution in [0.1, 0.15) is 32.6 Å². The summed E-state index contributed by atoms with van der Waals surface area (Å²) in [6.45, 7) is 1.05. The molecule has 0 heterocycles. The lowest BCUT2D eigenvalue weighted by Gasteiger charge is -2.26. The van der Waals surface area contributed by atoms with E-state index in [-0.39, 0.29) is 6.04 Å². The highest BCUT2D eigenvalue weighted by atomic mass is 28.1. The molecule has 0 fully saturated rings. The van der Waals surface area contributed by atoms with Gasteiger partial charge in [-0.2, -0.15) is 0 Å². The van der Waals surface area contributed by atoms with E-state index in [1.54, 1.807) is 0 Å². The Morgan fingerprint density at radius 1 is 0.812 bits per heavy atom. The van der Waals surface area contributed by atoms with Crippen LogP contribution in [0, 0.1) is 0 Å². The number of alkyl halides is 6. The Labute approximate surface area is 93.8 Å². The van der Waals surface area contributed by atoms with Gasteiger partial charge >= 0.3 is 0 Å². The predicted octanol–water partition coefficient (Wildman–Crippen LogP) is 3.26. The van der Waals surface area contributed by atoms with Gasteiger partial charge in [-0.25, -0.2) is 26.3 Å². The van der Waals surface area contributed by atoms with E-state index in [4.69, 9.17) is 0 Å². The fourth-order valence-electron chi connectivity index (χ4n) is 1.40. The zero-order valence-corrected chi connectivity index (χ0v) is 11.3. The van der Waals surface area contributed by atoms with E-state index in [1.165, 1.54) is 0 Å². The molecule has 0 bridgehead atoms. The van der Waals surface area contributed by atoms with Gasteiger partial charge in [0.1, 0.15) is 0 Å². The molecule has 0 saturated heterocycles. The van der Waals surface area contributed by atoms with Crippen molar-refractivity contribution in [2.75, 3.05) is 0 Å². The highest BCUT2D eigenvalue weighted by Gasteiger charge is 2.48. The molecule has 0 rings (SSSR count). The van der Waals surface area contributed by atoms with E-state index in [9.17, 15) is 26.3 Å². The molecule has 16 heavy (non-hydrogen) atoms. The minimum Gasteiger partial charge on any atom is -0.207 e. The number of hydrogen-bond acceptors (Lipinski definition) is 0. The van der Waals surface area contributed by atoms with E-state index in [0.29, 0.717) is 10.2 Å². The molecule has 98 valence electrons. The Hall–Kier alpha value is -0.203. The van der Waals surface area contributed by atoms with Gasteiger partial charge in [-0.15, -0.1) is 0 Å². The molecular weight excluding hydrogens is 250 g/mol. The molecule has 0 saturated carbocycles. The summed E-state index contributed by atoms with van der Waals surface area (Å²) in [6.07, 6.45) is -4.99. The average Bonchev–Trinajstić information content (AvgIpc) is 1.99. The fourth-order valence-corrected chi connectivity index (χ4v) is 2.13. The largest absolute Gasteiger partial charge is 0.259 e. The van der Waals surface area contributed by atoms with Gasteiger partial charge in [-0.3, -0.25) is 0 Å². The van der Waals surface area contributed by atoms with Crippen LogP contribution < -0.4 is 0 Å². The van der Waals surface area contributed by atoms with E-state index in [0.717, 1.165) is 6.92 Å². The summed E-state index contributed by atoms with van der Waals surface area (Å²) >= 11 is 0.